The van der Waals surface area contributed by atoms with Gasteiger partial charge in [0, 0.05) is 11.1 Å². The van der Waals surface area contributed by atoms with Crippen LogP contribution in [0.15, 0.2) is 117 Å². The van der Waals surface area contributed by atoms with E-state index < -0.39 is 17.2 Å². The summed E-state index contributed by atoms with van der Waals surface area (Å²) in [5.74, 6) is 1.53. The second kappa shape index (κ2) is 10.9. The zero-order chi connectivity index (χ0) is 28.3. The Labute approximate surface area is 233 Å². The van der Waals surface area contributed by atoms with Crippen LogP contribution < -0.4 is 26.0 Å². The minimum Gasteiger partial charge on any atom is -0.497 e. The third-order valence-corrected chi connectivity index (χ3v) is 6.66. The smallest absolute Gasteiger partial charge is 0.332 e. The van der Waals surface area contributed by atoms with Gasteiger partial charge in [0.15, 0.2) is 0 Å². The van der Waals surface area contributed by atoms with Crippen LogP contribution in [0.25, 0.3) is 22.1 Å². The van der Waals surface area contributed by atoms with Gasteiger partial charge in [0.1, 0.15) is 34.9 Å². The average Bonchev–Trinajstić information content (AvgIpc) is 3.39. The Morgan fingerprint density at radius 2 is 1.44 bits per heavy atom. The van der Waals surface area contributed by atoms with Gasteiger partial charge < -0.3 is 19.2 Å². The van der Waals surface area contributed by atoms with Crippen molar-refractivity contribution in [3.63, 3.8) is 0 Å². The van der Waals surface area contributed by atoms with E-state index in [1.54, 1.807) is 79.9 Å². The van der Waals surface area contributed by atoms with Crippen LogP contribution in [0.4, 0.5) is 5.69 Å². The normalized spacial score (nSPS) is 11.0. The summed E-state index contributed by atoms with van der Waals surface area (Å²) >= 11 is 0. The monoisotopic (exact) mass is 547 g/mol. The maximum Gasteiger partial charge on any atom is 0.332 e. The van der Waals surface area contributed by atoms with Gasteiger partial charge >= 0.3 is 5.69 Å². The lowest BCUT2D eigenvalue weighted by atomic mass is 10.2. The average molecular weight is 548 g/mol. The largest absolute Gasteiger partial charge is 0.497 e. The zero-order valence-corrected chi connectivity index (χ0v) is 22.1. The Kier molecular flexibility index (Phi) is 6.83. The number of nitrogens with zero attached hydrogens (tertiary/aromatic N) is 2. The van der Waals surface area contributed by atoms with E-state index >= 15 is 0 Å². The van der Waals surface area contributed by atoms with Crippen LogP contribution >= 0.6 is 0 Å². The number of para-hydroxylation sites is 2. The van der Waals surface area contributed by atoms with Gasteiger partial charge in [-0.2, -0.15) is 0 Å². The molecular formula is C32H25N3O6. The van der Waals surface area contributed by atoms with Crippen LogP contribution in [0.1, 0.15) is 5.56 Å². The maximum atomic E-state index is 13.7. The lowest BCUT2D eigenvalue weighted by molar-refractivity contribution is -0.116. The van der Waals surface area contributed by atoms with Crippen molar-refractivity contribution < 1.29 is 18.7 Å². The van der Waals surface area contributed by atoms with Crippen molar-refractivity contribution in [2.75, 3.05) is 12.4 Å². The molecule has 6 rings (SSSR count). The Balaban J connectivity index is 1.32. The standard InChI is InChI=1S/C32H25N3O6/c1-39-23-15-11-21(12-16-23)19-35-31(37)30-29(26-9-5-6-10-27(26)41-30)34(32(35)38)20-28(36)33-22-13-17-25(18-14-22)40-24-7-3-2-4-8-24/h2-18H,19-20H2,1H3,(H,33,36). The van der Waals surface area contributed by atoms with E-state index in [0.717, 1.165) is 4.57 Å². The van der Waals surface area contributed by atoms with Gasteiger partial charge in [-0.1, -0.05) is 42.5 Å². The molecule has 9 heteroatoms. The molecule has 2 aromatic heterocycles. The molecule has 0 unspecified atom stereocenters. The summed E-state index contributed by atoms with van der Waals surface area (Å²) in [5, 5.41) is 3.40. The van der Waals surface area contributed by atoms with E-state index in [0.29, 0.717) is 39.5 Å². The Morgan fingerprint density at radius 1 is 0.780 bits per heavy atom. The number of rotatable bonds is 8. The number of fused-ring (bicyclic) bond motifs is 3. The van der Waals surface area contributed by atoms with Crippen LogP contribution in [-0.4, -0.2) is 22.2 Å². The van der Waals surface area contributed by atoms with Crippen molar-refractivity contribution in [3.8, 4) is 17.2 Å². The van der Waals surface area contributed by atoms with Crippen molar-refractivity contribution in [1.29, 1.82) is 0 Å². The summed E-state index contributed by atoms with van der Waals surface area (Å²) in [6.07, 6.45) is 0. The Bertz CT molecular complexity index is 1970. The minimum absolute atomic E-state index is 0.000852. The predicted molar refractivity (Wildman–Crippen MR) is 156 cm³/mol. The van der Waals surface area contributed by atoms with Crippen molar-refractivity contribution in [1.82, 2.24) is 9.13 Å². The lowest BCUT2D eigenvalue weighted by Crippen LogP contribution is -2.41. The molecule has 204 valence electrons. The number of ether oxygens (including phenoxy) is 2. The van der Waals surface area contributed by atoms with E-state index in [2.05, 4.69) is 5.32 Å². The fraction of sp³-hybridized carbons (Fsp3) is 0.0938. The van der Waals surface area contributed by atoms with Gasteiger partial charge in [-0.15, -0.1) is 0 Å². The zero-order valence-electron chi connectivity index (χ0n) is 22.1. The number of furan rings is 1. The second-order valence-electron chi connectivity index (χ2n) is 9.37. The number of aromatic nitrogens is 2. The number of anilines is 1. The van der Waals surface area contributed by atoms with E-state index in [9.17, 15) is 14.4 Å². The van der Waals surface area contributed by atoms with Gasteiger partial charge in [0.05, 0.1) is 13.7 Å². The summed E-state index contributed by atoms with van der Waals surface area (Å²) in [6, 6.07) is 30.4. The van der Waals surface area contributed by atoms with Crippen LogP contribution in [-0.2, 0) is 17.9 Å². The van der Waals surface area contributed by atoms with Gasteiger partial charge in [0.25, 0.3) is 5.56 Å². The molecule has 0 saturated carbocycles. The topological polar surface area (TPSA) is 105 Å². The number of benzene rings is 4. The lowest BCUT2D eigenvalue weighted by Gasteiger charge is -2.13. The molecule has 0 fully saturated rings. The molecule has 0 atom stereocenters. The fourth-order valence-corrected chi connectivity index (χ4v) is 4.67. The highest BCUT2D eigenvalue weighted by molar-refractivity contribution is 6.03. The molecule has 0 aliphatic carbocycles. The van der Waals surface area contributed by atoms with E-state index in [1.807, 2.05) is 30.3 Å². The molecule has 0 spiro atoms. The summed E-state index contributed by atoms with van der Waals surface area (Å²) < 4.78 is 19.3. The number of methoxy groups -OCH3 is 1. The number of carbonyl (C=O) groups excluding carboxylic acids is 1. The van der Waals surface area contributed by atoms with Crippen LogP contribution in [0.3, 0.4) is 0 Å². The minimum atomic E-state index is -0.619. The van der Waals surface area contributed by atoms with Gasteiger partial charge in [0.2, 0.25) is 11.5 Å². The van der Waals surface area contributed by atoms with E-state index in [1.165, 1.54) is 4.57 Å². The molecule has 1 amide bonds. The molecule has 2 heterocycles. The second-order valence-corrected chi connectivity index (χ2v) is 9.37. The maximum absolute atomic E-state index is 13.7. The number of hydrogen-bond donors (Lipinski definition) is 1. The van der Waals surface area contributed by atoms with Gasteiger partial charge in [-0.3, -0.25) is 18.7 Å². The molecule has 1 N–H and O–H groups in total. The molecule has 41 heavy (non-hydrogen) atoms. The first kappa shape index (κ1) is 25.7. The van der Waals surface area contributed by atoms with Crippen LogP contribution in [0, 0.1) is 0 Å². The molecule has 4 aromatic carbocycles. The molecule has 0 aliphatic heterocycles. The van der Waals surface area contributed by atoms with Crippen LogP contribution in [0.5, 0.6) is 17.2 Å². The Morgan fingerprint density at radius 3 is 2.17 bits per heavy atom. The Hall–Kier alpha value is -5.57. The highest BCUT2D eigenvalue weighted by atomic mass is 16.5. The number of nitrogens with one attached hydrogen (secondary N) is 1. The summed E-state index contributed by atoms with van der Waals surface area (Å²) in [4.78, 5) is 40.4. The molecule has 9 nitrogen and oxygen atoms in total. The molecular weight excluding hydrogens is 522 g/mol. The molecule has 0 saturated heterocycles. The van der Waals surface area contributed by atoms with Gasteiger partial charge in [-0.05, 0) is 66.2 Å². The molecule has 0 aliphatic rings. The number of hydrogen-bond acceptors (Lipinski definition) is 6. The van der Waals surface area contributed by atoms with Crippen molar-refractivity contribution in [2.45, 2.75) is 13.1 Å². The predicted octanol–water partition coefficient (Wildman–Crippen LogP) is 5.40. The van der Waals surface area contributed by atoms with E-state index in [-0.39, 0.29) is 24.2 Å². The van der Waals surface area contributed by atoms with Crippen molar-refractivity contribution in [2.24, 2.45) is 0 Å². The summed E-state index contributed by atoms with van der Waals surface area (Å²) in [6.45, 7) is -0.330. The first-order valence-corrected chi connectivity index (χ1v) is 12.9. The fourth-order valence-electron chi connectivity index (χ4n) is 4.67. The molecule has 0 radical (unpaired) electrons. The highest BCUT2D eigenvalue weighted by Gasteiger charge is 2.21. The van der Waals surface area contributed by atoms with E-state index in [4.69, 9.17) is 13.9 Å². The highest BCUT2D eigenvalue weighted by Crippen LogP contribution is 2.26. The van der Waals surface area contributed by atoms with Crippen LogP contribution in [0.2, 0.25) is 0 Å². The number of amides is 1. The first-order chi connectivity index (χ1) is 20.0. The quantitative estimate of drug-likeness (QED) is 0.274. The SMILES string of the molecule is COc1ccc(Cn2c(=O)c3oc4ccccc4c3n(CC(=O)Nc3ccc(Oc4ccccc4)cc3)c2=O)cc1. The first-order valence-electron chi connectivity index (χ1n) is 12.9. The van der Waals surface area contributed by atoms with Gasteiger partial charge in [-0.25, -0.2) is 4.79 Å². The third-order valence-electron chi connectivity index (χ3n) is 6.66. The van der Waals surface area contributed by atoms with Crippen molar-refractivity contribution >= 4 is 33.7 Å². The summed E-state index contributed by atoms with van der Waals surface area (Å²) in [5.41, 5.74) is 0.800. The molecule has 0 bridgehead atoms. The number of carbonyl (C=O) groups is 1. The molecule has 6 aromatic rings. The third kappa shape index (κ3) is 5.20. The van der Waals surface area contributed by atoms with Crippen molar-refractivity contribution in [3.05, 3.63) is 130 Å². The summed E-state index contributed by atoms with van der Waals surface area (Å²) in [7, 11) is 1.56.